The normalized spacial score (nSPS) is 32.8. The van der Waals surface area contributed by atoms with E-state index in [1.807, 2.05) is 0 Å². The zero-order valence-corrected chi connectivity index (χ0v) is 10.7. The van der Waals surface area contributed by atoms with Crippen LogP contribution >= 0.6 is 0 Å². The van der Waals surface area contributed by atoms with Gasteiger partial charge in [0.2, 0.25) is 0 Å². The Morgan fingerprint density at radius 2 is 1.88 bits per heavy atom. The number of hydrogen-bond acceptors (Lipinski definition) is 2. The monoisotopic (exact) mass is 225 g/mol. The summed E-state index contributed by atoms with van der Waals surface area (Å²) < 4.78 is 5.47. The van der Waals surface area contributed by atoms with Gasteiger partial charge >= 0.3 is 0 Å². The van der Waals surface area contributed by atoms with Crippen molar-refractivity contribution < 1.29 is 4.74 Å². The molecule has 2 unspecified atom stereocenters. The molecule has 1 saturated heterocycles. The van der Waals surface area contributed by atoms with Crippen LogP contribution in [0.3, 0.4) is 0 Å². The molecule has 0 radical (unpaired) electrons. The first-order chi connectivity index (χ1) is 7.90. The van der Waals surface area contributed by atoms with Crippen LogP contribution in [0.5, 0.6) is 0 Å². The molecule has 94 valence electrons. The molecule has 2 atom stereocenters. The van der Waals surface area contributed by atoms with E-state index in [0.29, 0.717) is 0 Å². The number of hydrogen-bond donors (Lipinski definition) is 1. The lowest BCUT2D eigenvalue weighted by molar-refractivity contribution is 0.0359. The SMILES string of the molecule is CCCNC1CCCC(C2CCOCC2)C1. The molecule has 16 heavy (non-hydrogen) atoms. The quantitative estimate of drug-likeness (QED) is 0.794. The molecule has 0 amide bonds. The van der Waals surface area contributed by atoms with Gasteiger partial charge in [0.05, 0.1) is 0 Å². The van der Waals surface area contributed by atoms with E-state index in [1.54, 1.807) is 0 Å². The van der Waals surface area contributed by atoms with Gasteiger partial charge in [-0.3, -0.25) is 0 Å². The second-order valence-corrected chi connectivity index (χ2v) is 5.53. The highest BCUT2D eigenvalue weighted by atomic mass is 16.5. The molecule has 1 heterocycles. The van der Waals surface area contributed by atoms with Gasteiger partial charge < -0.3 is 10.1 Å². The van der Waals surface area contributed by atoms with Crippen LogP contribution in [-0.4, -0.2) is 25.8 Å². The van der Waals surface area contributed by atoms with Crippen molar-refractivity contribution in [1.29, 1.82) is 0 Å². The minimum atomic E-state index is 0.807. The lowest BCUT2D eigenvalue weighted by Gasteiger charge is -2.36. The van der Waals surface area contributed by atoms with E-state index in [4.69, 9.17) is 4.74 Å². The van der Waals surface area contributed by atoms with Crippen molar-refractivity contribution in [3.63, 3.8) is 0 Å². The van der Waals surface area contributed by atoms with E-state index in [-0.39, 0.29) is 0 Å². The molecule has 0 bridgehead atoms. The summed E-state index contributed by atoms with van der Waals surface area (Å²) >= 11 is 0. The first-order valence-electron chi connectivity index (χ1n) is 7.21. The van der Waals surface area contributed by atoms with Gasteiger partial charge in [0.15, 0.2) is 0 Å². The third-order valence-electron chi connectivity index (χ3n) is 4.33. The Hall–Kier alpha value is -0.0800. The molecule has 2 nitrogen and oxygen atoms in total. The lowest BCUT2D eigenvalue weighted by Crippen LogP contribution is -2.37. The van der Waals surface area contributed by atoms with Gasteiger partial charge in [-0.15, -0.1) is 0 Å². The second kappa shape index (κ2) is 6.61. The Bertz CT molecular complexity index is 189. The van der Waals surface area contributed by atoms with Crippen molar-refractivity contribution >= 4 is 0 Å². The second-order valence-electron chi connectivity index (χ2n) is 5.53. The van der Waals surface area contributed by atoms with Crippen LogP contribution in [0.1, 0.15) is 51.9 Å². The zero-order chi connectivity index (χ0) is 11.2. The van der Waals surface area contributed by atoms with Gasteiger partial charge in [-0.25, -0.2) is 0 Å². The molecule has 1 saturated carbocycles. The van der Waals surface area contributed by atoms with E-state index in [0.717, 1.165) is 31.1 Å². The summed E-state index contributed by atoms with van der Waals surface area (Å²) in [7, 11) is 0. The Kier molecular flexibility index (Phi) is 5.11. The molecule has 1 N–H and O–H groups in total. The molecule has 0 spiro atoms. The summed E-state index contributed by atoms with van der Waals surface area (Å²) in [5.41, 5.74) is 0. The van der Waals surface area contributed by atoms with Gasteiger partial charge in [0.1, 0.15) is 0 Å². The molecule has 0 aromatic carbocycles. The average Bonchev–Trinajstić information content (AvgIpc) is 2.38. The maximum absolute atomic E-state index is 5.47. The average molecular weight is 225 g/mol. The molecule has 0 aromatic heterocycles. The Morgan fingerprint density at radius 1 is 1.06 bits per heavy atom. The van der Waals surface area contributed by atoms with Crippen molar-refractivity contribution in [3.8, 4) is 0 Å². The first kappa shape index (κ1) is 12.4. The van der Waals surface area contributed by atoms with Crippen molar-refractivity contribution in [2.75, 3.05) is 19.8 Å². The lowest BCUT2D eigenvalue weighted by atomic mass is 9.75. The fourth-order valence-corrected chi connectivity index (χ4v) is 3.38. The summed E-state index contributed by atoms with van der Waals surface area (Å²) in [6, 6.07) is 0.807. The third-order valence-corrected chi connectivity index (χ3v) is 4.33. The van der Waals surface area contributed by atoms with E-state index in [1.165, 1.54) is 51.5 Å². The number of ether oxygens (including phenoxy) is 1. The third kappa shape index (κ3) is 3.46. The highest BCUT2D eigenvalue weighted by Crippen LogP contribution is 2.35. The van der Waals surface area contributed by atoms with Crippen molar-refractivity contribution in [2.24, 2.45) is 11.8 Å². The molecule has 2 fully saturated rings. The topological polar surface area (TPSA) is 21.3 Å². The Labute approximate surface area is 100 Å². The van der Waals surface area contributed by atoms with Gasteiger partial charge in [0.25, 0.3) is 0 Å². The van der Waals surface area contributed by atoms with E-state index in [2.05, 4.69) is 12.2 Å². The van der Waals surface area contributed by atoms with Crippen LogP contribution in [0, 0.1) is 11.8 Å². The van der Waals surface area contributed by atoms with Crippen LogP contribution in [0.4, 0.5) is 0 Å². The van der Waals surface area contributed by atoms with Gasteiger partial charge in [-0.2, -0.15) is 0 Å². The molecule has 1 aliphatic carbocycles. The maximum Gasteiger partial charge on any atom is 0.0468 e. The Balaban J connectivity index is 1.76. The summed E-state index contributed by atoms with van der Waals surface area (Å²) in [5, 5.41) is 3.71. The van der Waals surface area contributed by atoms with Gasteiger partial charge in [-0.05, 0) is 50.5 Å². The van der Waals surface area contributed by atoms with Gasteiger partial charge in [-0.1, -0.05) is 19.8 Å². The highest BCUT2D eigenvalue weighted by Gasteiger charge is 2.29. The van der Waals surface area contributed by atoms with Crippen molar-refractivity contribution in [2.45, 2.75) is 57.9 Å². The predicted molar refractivity (Wildman–Crippen MR) is 67.6 cm³/mol. The number of rotatable bonds is 4. The van der Waals surface area contributed by atoms with E-state index >= 15 is 0 Å². The Morgan fingerprint density at radius 3 is 2.62 bits per heavy atom. The summed E-state index contributed by atoms with van der Waals surface area (Å²) in [5.74, 6) is 1.94. The molecule has 0 aromatic rings. The van der Waals surface area contributed by atoms with E-state index < -0.39 is 0 Å². The maximum atomic E-state index is 5.47. The van der Waals surface area contributed by atoms with Crippen LogP contribution in [0.25, 0.3) is 0 Å². The summed E-state index contributed by atoms with van der Waals surface area (Å²) in [4.78, 5) is 0. The fourth-order valence-electron chi connectivity index (χ4n) is 3.38. The molecule has 2 aliphatic rings. The fraction of sp³-hybridized carbons (Fsp3) is 1.00. The van der Waals surface area contributed by atoms with Crippen LogP contribution in [0.15, 0.2) is 0 Å². The first-order valence-corrected chi connectivity index (χ1v) is 7.21. The minimum absolute atomic E-state index is 0.807. The molecular formula is C14H27NO. The summed E-state index contributed by atoms with van der Waals surface area (Å²) in [6.45, 7) is 5.47. The highest BCUT2D eigenvalue weighted by molar-refractivity contribution is 4.82. The zero-order valence-electron chi connectivity index (χ0n) is 10.7. The molecule has 2 rings (SSSR count). The molecule has 2 heteroatoms. The minimum Gasteiger partial charge on any atom is -0.381 e. The standard InChI is InChI=1S/C14H27NO/c1-2-8-15-14-5-3-4-13(11-14)12-6-9-16-10-7-12/h12-15H,2-11H2,1H3. The molecular weight excluding hydrogens is 198 g/mol. The predicted octanol–water partition coefficient (Wildman–Crippen LogP) is 2.97. The molecule has 1 aliphatic heterocycles. The summed E-state index contributed by atoms with van der Waals surface area (Å²) in [6.07, 6.45) is 9.61. The van der Waals surface area contributed by atoms with Gasteiger partial charge in [0, 0.05) is 19.3 Å². The van der Waals surface area contributed by atoms with Crippen molar-refractivity contribution in [1.82, 2.24) is 5.32 Å². The van der Waals surface area contributed by atoms with Crippen LogP contribution in [-0.2, 0) is 4.74 Å². The number of nitrogens with one attached hydrogen (secondary N) is 1. The largest absolute Gasteiger partial charge is 0.381 e. The van der Waals surface area contributed by atoms with Crippen LogP contribution in [0.2, 0.25) is 0 Å². The smallest absolute Gasteiger partial charge is 0.0468 e. The van der Waals surface area contributed by atoms with E-state index in [9.17, 15) is 0 Å². The van der Waals surface area contributed by atoms with Crippen molar-refractivity contribution in [3.05, 3.63) is 0 Å². The van der Waals surface area contributed by atoms with Crippen LogP contribution < -0.4 is 5.32 Å².